The molecule has 0 aliphatic carbocycles. The van der Waals surface area contributed by atoms with Crippen LogP contribution in [-0.2, 0) is 0 Å². The number of para-hydroxylation sites is 1. The number of nitrogens with two attached hydrogens (primary N) is 1. The highest BCUT2D eigenvalue weighted by molar-refractivity contribution is 8.00. The Kier molecular flexibility index (Phi) is 2.65. The Morgan fingerprint density at radius 1 is 1.38 bits per heavy atom. The molecule has 1 aliphatic heterocycles. The van der Waals surface area contributed by atoms with Crippen molar-refractivity contribution in [3.8, 4) is 0 Å². The minimum absolute atomic E-state index is 0.0416. The van der Waals surface area contributed by atoms with Crippen LogP contribution < -0.4 is 5.73 Å². The molecule has 1 aromatic heterocycles. The minimum Gasteiger partial charge on any atom is -0.459 e. The van der Waals surface area contributed by atoms with Crippen LogP contribution in [0.2, 0.25) is 0 Å². The summed E-state index contributed by atoms with van der Waals surface area (Å²) in [6.45, 7) is 0. The van der Waals surface area contributed by atoms with Gasteiger partial charge in [-0.15, -0.1) is 0 Å². The highest BCUT2D eigenvalue weighted by Gasteiger charge is 2.26. The van der Waals surface area contributed by atoms with Crippen molar-refractivity contribution in [3.05, 3.63) is 36.1 Å². The quantitative estimate of drug-likeness (QED) is 0.864. The van der Waals surface area contributed by atoms with E-state index in [2.05, 4.69) is 12.1 Å². The maximum Gasteiger partial charge on any atom is 0.134 e. The van der Waals surface area contributed by atoms with Gasteiger partial charge in [-0.1, -0.05) is 18.2 Å². The van der Waals surface area contributed by atoms with Crippen LogP contribution in [0.15, 0.2) is 34.7 Å². The highest BCUT2D eigenvalue weighted by Crippen LogP contribution is 2.36. The zero-order valence-electron chi connectivity index (χ0n) is 9.06. The summed E-state index contributed by atoms with van der Waals surface area (Å²) in [4.78, 5) is 0. The van der Waals surface area contributed by atoms with Gasteiger partial charge in [0.25, 0.3) is 0 Å². The number of hydrogen-bond donors (Lipinski definition) is 1. The molecule has 0 bridgehead atoms. The van der Waals surface area contributed by atoms with E-state index in [1.807, 2.05) is 30.0 Å². The average Bonchev–Trinajstić information content (AvgIpc) is 2.97. The molecule has 2 unspecified atom stereocenters. The third kappa shape index (κ3) is 1.74. The van der Waals surface area contributed by atoms with Crippen molar-refractivity contribution in [3.63, 3.8) is 0 Å². The van der Waals surface area contributed by atoms with Gasteiger partial charge in [-0.05, 0) is 30.7 Å². The van der Waals surface area contributed by atoms with Crippen LogP contribution in [0.25, 0.3) is 11.0 Å². The van der Waals surface area contributed by atoms with E-state index in [4.69, 9.17) is 10.2 Å². The Hall–Kier alpha value is -0.930. The molecular formula is C13H15NOS. The molecule has 2 atom stereocenters. The number of benzene rings is 1. The second-order valence-electron chi connectivity index (χ2n) is 4.26. The van der Waals surface area contributed by atoms with Gasteiger partial charge in [0.1, 0.15) is 11.3 Å². The molecule has 1 fully saturated rings. The average molecular weight is 233 g/mol. The summed E-state index contributed by atoms with van der Waals surface area (Å²) in [5, 5.41) is 1.68. The molecule has 2 heterocycles. The zero-order valence-corrected chi connectivity index (χ0v) is 9.87. The number of rotatable bonds is 2. The van der Waals surface area contributed by atoms with E-state index in [0.29, 0.717) is 5.25 Å². The van der Waals surface area contributed by atoms with Gasteiger partial charge >= 0.3 is 0 Å². The van der Waals surface area contributed by atoms with Gasteiger partial charge in [-0.3, -0.25) is 0 Å². The van der Waals surface area contributed by atoms with Crippen LogP contribution in [0.1, 0.15) is 24.6 Å². The molecule has 0 saturated carbocycles. The van der Waals surface area contributed by atoms with Crippen molar-refractivity contribution in [2.45, 2.75) is 24.1 Å². The van der Waals surface area contributed by atoms with E-state index in [1.165, 1.54) is 18.6 Å². The largest absolute Gasteiger partial charge is 0.459 e. The Balaban J connectivity index is 1.92. The fraction of sp³-hybridized carbons (Fsp3) is 0.385. The summed E-state index contributed by atoms with van der Waals surface area (Å²) in [6, 6.07) is 10.2. The van der Waals surface area contributed by atoms with Gasteiger partial charge in [0.05, 0.1) is 6.04 Å². The van der Waals surface area contributed by atoms with Gasteiger partial charge < -0.3 is 10.2 Å². The van der Waals surface area contributed by atoms with Crippen LogP contribution >= 0.6 is 11.8 Å². The summed E-state index contributed by atoms with van der Waals surface area (Å²) >= 11 is 1.97. The fourth-order valence-electron chi connectivity index (χ4n) is 2.24. The van der Waals surface area contributed by atoms with Crippen molar-refractivity contribution >= 4 is 22.7 Å². The molecule has 3 heteroatoms. The molecule has 0 radical (unpaired) electrons. The lowest BCUT2D eigenvalue weighted by Gasteiger charge is -2.15. The first-order chi connectivity index (χ1) is 7.84. The molecule has 0 spiro atoms. The number of thioether (sulfide) groups is 1. The van der Waals surface area contributed by atoms with Crippen molar-refractivity contribution in [2.24, 2.45) is 5.73 Å². The molecule has 2 N–H and O–H groups in total. The van der Waals surface area contributed by atoms with E-state index < -0.39 is 0 Å². The van der Waals surface area contributed by atoms with Crippen LogP contribution in [0.3, 0.4) is 0 Å². The molecule has 2 nitrogen and oxygen atoms in total. The molecule has 1 aliphatic rings. The first kappa shape index (κ1) is 10.2. The Labute approximate surface area is 99.2 Å². The van der Waals surface area contributed by atoms with Crippen LogP contribution in [-0.4, -0.2) is 11.0 Å². The lowest BCUT2D eigenvalue weighted by molar-refractivity contribution is 0.481. The first-order valence-electron chi connectivity index (χ1n) is 5.70. The van der Waals surface area contributed by atoms with Crippen LogP contribution in [0, 0.1) is 0 Å². The molecular weight excluding hydrogens is 218 g/mol. The standard InChI is InChI=1S/C13H15NOS/c14-13(12-6-3-7-16-12)11-8-9-4-1-2-5-10(9)15-11/h1-2,4-5,8,12-13H,3,6-7,14H2. The molecule has 0 amide bonds. The van der Waals surface area contributed by atoms with Gasteiger partial charge in [0.2, 0.25) is 0 Å². The summed E-state index contributed by atoms with van der Waals surface area (Å²) in [5.41, 5.74) is 7.19. The summed E-state index contributed by atoms with van der Waals surface area (Å²) in [6.07, 6.45) is 2.49. The van der Waals surface area contributed by atoms with Crippen LogP contribution in [0.5, 0.6) is 0 Å². The van der Waals surface area contributed by atoms with E-state index >= 15 is 0 Å². The van der Waals surface area contributed by atoms with Gasteiger partial charge in [-0.25, -0.2) is 0 Å². The topological polar surface area (TPSA) is 39.2 Å². The summed E-state index contributed by atoms with van der Waals surface area (Å²) in [5.74, 6) is 2.17. The predicted octanol–water partition coefficient (Wildman–Crippen LogP) is 3.33. The fourth-order valence-corrected chi connectivity index (χ4v) is 3.55. The molecule has 1 aromatic carbocycles. The Morgan fingerprint density at radius 2 is 2.25 bits per heavy atom. The summed E-state index contributed by atoms with van der Waals surface area (Å²) < 4.78 is 5.80. The normalized spacial score (nSPS) is 22.7. The molecule has 84 valence electrons. The van der Waals surface area contributed by atoms with Crippen LogP contribution in [0.4, 0.5) is 0 Å². The summed E-state index contributed by atoms with van der Waals surface area (Å²) in [7, 11) is 0. The monoisotopic (exact) mass is 233 g/mol. The van der Waals surface area contributed by atoms with Crippen molar-refractivity contribution in [2.75, 3.05) is 5.75 Å². The second kappa shape index (κ2) is 4.15. The lowest BCUT2D eigenvalue weighted by atomic mass is 10.1. The highest BCUT2D eigenvalue weighted by atomic mass is 32.2. The maximum absolute atomic E-state index is 6.25. The number of furan rings is 1. The lowest BCUT2D eigenvalue weighted by Crippen LogP contribution is -2.20. The first-order valence-corrected chi connectivity index (χ1v) is 6.75. The van der Waals surface area contributed by atoms with Crippen molar-refractivity contribution in [1.29, 1.82) is 0 Å². The van der Waals surface area contributed by atoms with Crippen molar-refractivity contribution < 1.29 is 4.42 Å². The van der Waals surface area contributed by atoms with Gasteiger partial charge in [0, 0.05) is 10.6 Å². The molecule has 1 saturated heterocycles. The van der Waals surface area contributed by atoms with Crippen molar-refractivity contribution in [1.82, 2.24) is 0 Å². The minimum atomic E-state index is 0.0416. The van der Waals surface area contributed by atoms with E-state index in [0.717, 1.165) is 16.7 Å². The third-order valence-electron chi connectivity index (χ3n) is 3.14. The van der Waals surface area contributed by atoms with E-state index in [-0.39, 0.29) is 6.04 Å². The maximum atomic E-state index is 6.25. The molecule has 16 heavy (non-hydrogen) atoms. The Bertz CT molecular complexity index is 454. The van der Waals surface area contributed by atoms with E-state index in [1.54, 1.807) is 0 Å². The zero-order chi connectivity index (χ0) is 11.0. The predicted molar refractivity (Wildman–Crippen MR) is 68.6 cm³/mol. The number of fused-ring (bicyclic) bond motifs is 1. The van der Waals surface area contributed by atoms with Gasteiger partial charge in [0.15, 0.2) is 0 Å². The molecule has 3 rings (SSSR count). The Morgan fingerprint density at radius 3 is 3.00 bits per heavy atom. The number of hydrogen-bond acceptors (Lipinski definition) is 3. The third-order valence-corrected chi connectivity index (χ3v) is 4.62. The smallest absolute Gasteiger partial charge is 0.134 e. The molecule has 2 aromatic rings. The van der Waals surface area contributed by atoms with Gasteiger partial charge in [-0.2, -0.15) is 11.8 Å². The SMILES string of the molecule is NC(c1cc2ccccc2o1)C1CCCS1. The second-order valence-corrected chi connectivity index (χ2v) is 5.61. The van der Waals surface area contributed by atoms with E-state index in [9.17, 15) is 0 Å².